The maximum atomic E-state index is 13.6. The Morgan fingerprint density at radius 2 is 1.89 bits per heavy atom. The lowest BCUT2D eigenvalue weighted by molar-refractivity contribution is 0.535. The Labute approximate surface area is 114 Å². The average molecular weight is 278 g/mol. The lowest BCUT2D eigenvalue weighted by atomic mass is 10.1. The van der Waals surface area contributed by atoms with Gasteiger partial charge in [-0.1, -0.05) is 0 Å². The Balaban J connectivity index is 2.02. The molecule has 0 aliphatic heterocycles. The van der Waals surface area contributed by atoms with Gasteiger partial charge in [0.2, 0.25) is 0 Å². The third-order valence-electron chi connectivity index (χ3n) is 2.67. The molecule has 0 saturated carbocycles. The number of hydrogen-bond acceptors (Lipinski definition) is 3. The van der Waals surface area contributed by atoms with Crippen molar-refractivity contribution in [2.45, 2.75) is 20.0 Å². The monoisotopic (exact) mass is 278 g/mol. The molecule has 1 heterocycles. The Bertz CT molecular complexity index is 606. The Morgan fingerprint density at radius 3 is 2.42 bits per heavy atom. The van der Waals surface area contributed by atoms with E-state index in [1.807, 2.05) is 19.1 Å². The summed E-state index contributed by atoms with van der Waals surface area (Å²) in [4.78, 5) is 2.32. The Morgan fingerprint density at radius 1 is 1.21 bits per heavy atom. The molecule has 98 valence electrons. The van der Waals surface area contributed by atoms with Gasteiger partial charge in [-0.05, 0) is 31.2 Å². The first-order valence-electron chi connectivity index (χ1n) is 5.74. The summed E-state index contributed by atoms with van der Waals surface area (Å²) in [6.45, 7) is 2.67. The minimum atomic E-state index is -0.689. The molecule has 2 aromatic rings. The molecule has 0 aliphatic carbocycles. The first-order valence-corrected chi connectivity index (χ1v) is 6.56. The van der Waals surface area contributed by atoms with Crippen LogP contribution in [0, 0.1) is 29.9 Å². The fourth-order valence-corrected chi connectivity index (χ4v) is 2.59. The van der Waals surface area contributed by atoms with Gasteiger partial charge in [-0.15, -0.1) is 11.3 Å². The summed E-state index contributed by atoms with van der Waals surface area (Å²) in [5, 5.41) is 11.6. The Hall–Kier alpha value is -1.77. The van der Waals surface area contributed by atoms with Gasteiger partial charge in [0.1, 0.15) is 11.6 Å². The summed E-state index contributed by atoms with van der Waals surface area (Å²) in [5.41, 5.74) is -0.0418. The van der Waals surface area contributed by atoms with E-state index in [-0.39, 0.29) is 17.7 Å². The van der Waals surface area contributed by atoms with E-state index in [9.17, 15) is 8.78 Å². The summed E-state index contributed by atoms with van der Waals surface area (Å²) in [5.74, 6) is -1.38. The van der Waals surface area contributed by atoms with E-state index in [0.717, 1.165) is 17.0 Å². The van der Waals surface area contributed by atoms with Crippen molar-refractivity contribution < 1.29 is 8.78 Å². The fraction of sp³-hybridized carbons (Fsp3) is 0.214. The third kappa shape index (κ3) is 3.37. The fourth-order valence-electron chi connectivity index (χ4n) is 1.73. The maximum Gasteiger partial charge on any atom is 0.131 e. The van der Waals surface area contributed by atoms with Crippen molar-refractivity contribution in [3.8, 4) is 6.07 Å². The van der Waals surface area contributed by atoms with Crippen LogP contribution in [0.1, 0.15) is 20.9 Å². The zero-order valence-electron chi connectivity index (χ0n) is 10.3. The van der Waals surface area contributed by atoms with Gasteiger partial charge >= 0.3 is 0 Å². The van der Waals surface area contributed by atoms with Gasteiger partial charge in [0.25, 0.3) is 0 Å². The van der Waals surface area contributed by atoms with Crippen LogP contribution in [-0.2, 0) is 13.1 Å². The lowest BCUT2D eigenvalue weighted by Gasteiger charge is -2.06. The van der Waals surface area contributed by atoms with Crippen LogP contribution in [0.25, 0.3) is 0 Å². The number of thiophene rings is 1. The van der Waals surface area contributed by atoms with Crippen LogP contribution in [0.2, 0.25) is 0 Å². The molecule has 2 nitrogen and oxygen atoms in total. The van der Waals surface area contributed by atoms with E-state index in [4.69, 9.17) is 5.26 Å². The molecule has 1 N–H and O–H groups in total. The third-order valence-corrected chi connectivity index (χ3v) is 3.67. The molecule has 0 atom stereocenters. The second-order valence-corrected chi connectivity index (χ2v) is 5.52. The molecule has 1 aromatic heterocycles. The summed E-state index contributed by atoms with van der Waals surface area (Å²) in [6.07, 6.45) is 0. The van der Waals surface area contributed by atoms with Crippen molar-refractivity contribution in [2.24, 2.45) is 0 Å². The number of nitriles is 1. The molecular formula is C14H12F2N2S. The molecule has 0 unspecified atom stereocenters. The number of rotatable bonds is 4. The zero-order valence-corrected chi connectivity index (χ0v) is 11.2. The summed E-state index contributed by atoms with van der Waals surface area (Å²) in [7, 11) is 0. The standard InChI is InChI=1S/C14H12F2N2S/c1-9-2-3-11(19-9)7-18-8-12-13(15)4-10(6-17)5-14(12)16/h2-5,18H,7-8H2,1H3. The van der Waals surface area contributed by atoms with Gasteiger partial charge < -0.3 is 5.32 Å². The maximum absolute atomic E-state index is 13.6. The normalized spacial score (nSPS) is 10.4. The van der Waals surface area contributed by atoms with Gasteiger partial charge in [0, 0.05) is 28.4 Å². The summed E-state index contributed by atoms with van der Waals surface area (Å²) in [6, 6.07) is 7.81. The molecule has 0 spiro atoms. The summed E-state index contributed by atoms with van der Waals surface area (Å²) < 4.78 is 27.2. The molecule has 0 bridgehead atoms. The van der Waals surface area contributed by atoms with Gasteiger partial charge in [0.05, 0.1) is 11.6 Å². The largest absolute Gasteiger partial charge is 0.308 e. The van der Waals surface area contributed by atoms with Crippen LogP contribution in [0.3, 0.4) is 0 Å². The quantitative estimate of drug-likeness (QED) is 0.929. The molecule has 5 heteroatoms. The highest BCUT2D eigenvalue weighted by atomic mass is 32.1. The van der Waals surface area contributed by atoms with Gasteiger partial charge in [-0.3, -0.25) is 0 Å². The SMILES string of the molecule is Cc1ccc(CNCc2c(F)cc(C#N)cc2F)s1. The average Bonchev–Trinajstić information content (AvgIpc) is 2.78. The first-order chi connectivity index (χ1) is 9.10. The van der Waals surface area contributed by atoms with Gasteiger partial charge in [-0.25, -0.2) is 8.78 Å². The highest BCUT2D eigenvalue weighted by Gasteiger charge is 2.10. The minimum absolute atomic E-state index is 0.00682. The van der Waals surface area contributed by atoms with Crippen molar-refractivity contribution in [1.82, 2.24) is 5.32 Å². The van der Waals surface area contributed by atoms with Crippen LogP contribution in [0.5, 0.6) is 0 Å². The van der Waals surface area contributed by atoms with Crippen molar-refractivity contribution in [3.05, 3.63) is 56.8 Å². The van der Waals surface area contributed by atoms with Crippen LogP contribution >= 0.6 is 11.3 Å². The van der Waals surface area contributed by atoms with E-state index >= 15 is 0 Å². The number of nitrogens with zero attached hydrogens (tertiary/aromatic N) is 1. The molecule has 0 amide bonds. The van der Waals surface area contributed by atoms with Crippen LogP contribution < -0.4 is 5.32 Å². The highest BCUT2D eigenvalue weighted by Crippen LogP contribution is 2.17. The van der Waals surface area contributed by atoms with Crippen molar-refractivity contribution >= 4 is 11.3 Å². The van der Waals surface area contributed by atoms with E-state index in [0.29, 0.717) is 6.54 Å². The lowest BCUT2D eigenvalue weighted by Crippen LogP contribution is -2.14. The molecule has 1 aromatic carbocycles. The molecule has 2 rings (SSSR count). The molecule has 0 aliphatic rings. The van der Waals surface area contributed by atoms with Crippen LogP contribution in [0.15, 0.2) is 24.3 Å². The van der Waals surface area contributed by atoms with Crippen LogP contribution in [-0.4, -0.2) is 0 Å². The molecule has 0 fully saturated rings. The van der Waals surface area contributed by atoms with E-state index in [2.05, 4.69) is 5.32 Å². The van der Waals surface area contributed by atoms with Crippen LogP contribution in [0.4, 0.5) is 8.78 Å². The number of benzene rings is 1. The smallest absolute Gasteiger partial charge is 0.131 e. The van der Waals surface area contributed by atoms with E-state index in [1.165, 1.54) is 4.88 Å². The number of aryl methyl sites for hydroxylation is 1. The Kier molecular flexibility index (Phi) is 4.25. The number of halogens is 2. The predicted octanol–water partition coefficient (Wildman–Crippen LogP) is 3.50. The topological polar surface area (TPSA) is 35.8 Å². The van der Waals surface area contributed by atoms with Crippen molar-refractivity contribution in [1.29, 1.82) is 5.26 Å². The minimum Gasteiger partial charge on any atom is -0.308 e. The second kappa shape index (κ2) is 5.91. The second-order valence-electron chi connectivity index (χ2n) is 4.15. The molecular weight excluding hydrogens is 266 g/mol. The van der Waals surface area contributed by atoms with E-state index in [1.54, 1.807) is 17.4 Å². The number of hydrogen-bond donors (Lipinski definition) is 1. The van der Waals surface area contributed by atoms with Crippen molar-refractivity contribution in [3.63, 3.8) is 0 Å². The zero-order chi connectivity index (χ0) is 13.8. The van der Waals surface area contributed by atoms with Crippen molar-refractivity contribution in [2.75, 3.05) is 0 Å². The molecule has 0 saturated heterocycles. The van der Waals surface area contributed by atoms with Gasteiger partial charge in [0.15, 0.2) is 0 Å². The van der Waals surface area contributed by atoms with Gasteiger partial charge in [-0.2, -0.15) is 5.26 Å². The number of nitrogens with one attached hydrogen (secondary N) is 1. The first kappa shape index (κ1) is 13.7. The summed E-state index contributed by atoms with van der Waals surface area (Å²) >= 11 is 1.64. The highest BCUT2D eigenvalue weighted by molar-refractivity contribution is 7.11. The van der Waals surface area contributed by atoms with E-state index < -0.39 is 11.6 Å². The predicted molar refractivity (Wildman–Crippen MR) is 70.7 cm³/mol. The molecule has 0 radical (unpaired) electrons. The molecule has 19 heavy (non-hydrogen) atoms.